The molecule has 0 aliphatic carbocycles. The first-order valence-electron chi connectivity index (χ1n) is 5.67. The first-order valence-corrected chi connectivity index (χ1v) is 5.67. The lowest BCUT2D eigenvalue weighted by Gasteiger charge is -2.10. The maximum absolute atomic E-state index is 11.0. The molecule has 0 radical (unpaired) electrons. The van der Waals surface area contributed by atoms with Crippen LogP contribution in [0, 0.1) is 0 Å². The molecular formula is C14H15NO2. The average molecular weight is 229 g/mol. The van der Waals surface area contributed by atoms with Crippen LogP contribution in [0.3, 0.4) is 0 Å². The van der Waals surface area contributed by atoms with Crippen LogP contribution in [-0.4, -0.2) is 15.6 Å². The molecule has 0 atom stereocenters. The molecule has 0 saturated heterocycles. The summed E-state index contributed by atoms with van der Waals surface area (Å²) >= 11 is 0. The lowest BCUT2D eigenvalue weighted by Crippen LogP contribution is -2.09. The summed E-state index contributed by atoms with van der Waals surface area (Å²) in [6.07, 6.45) is 2.76. The molecule has 1 heterocycles. The number of carbonyl (C=O) groups is 1. The highest BCUT2D eigenvalue weighted by molar-refractivity contribution is 5.85. The minimum absolute atomic E-state index is 0.330. The van der Waals surface area contributed by atoms with Crippen molar-refractivity contribution < 1.29 is 9.90 Å². The number of aromatic nitrogens is 1. The summed E-state index contributed by atoms with van der Waals surface area (Å²) in [5.41, 5.74) is 2.77. The first-order chi connectivity index (χ1) is 8.22. The van der Waals surface area contributed by atoms with Crippen molar-refractivity contribution >= 4 is 5.97 Å². The van der Waals surface area contributed by atoms with Crippen LogP contribution in [-0.2, 0) is 13.0 Å². The lowest BCUT2D eigenvalue weighted by molar-refractivity contribution is 0.0685. The lowest BCUT2D eigenvalue weighted by atomic mass is 10.1. The highest BCUT2D eigenvalue weighted by Crippen LogP contribution is 2.13. The second-order valence-electron chi connectivity index (χ2n) is 3.95. The fourth-order valence-electron chi connectivity index (χ4n) is 1.99. The van der Waals surface area contributed by atoms with Gasteiger partial charge in [-0.3, -0.25) is 0 Å². The van der Waals surface area contributed by atoms with Crippen LogP contribution in [0.15, 0.2) is 42.6 Å². The molecule has 88 valence electrons. The van der Waals surface area contributed by atoms with Crippen molar-refractivity contribution in [3.05, 3.63) is 59.4 Å². The number of carboxylic acid groups (broad SMARTS) is 1. The fraction of sp³-hybridized carbons (Fsp3) is 0.214. The smallest absolute Gasteiger partial charge is 0.352 e. The molecule has 0 unspecified atom stereocenters. The Morgan fingerprint density at radius 3 is 2.53 bits per heavy atom. The average Bonchev–Trinajstić information content (AvgIpc) is 2.78. The van der Waals surface area contributed by atoms with E-state index in [4.69, 9.17) is 5.11 Å². The number of benzene rings is 1. The zero-order valence-corrected chi connectivity index (χ0v) is 9.76. The molecule has 3 nitrogen and oxygen atoms in total. The van der Waals surface area contributed by atoms with E-state index in [2.05, 4.69) is 13.0 Å². The predicted octanol–water partition coefficient (Wildman–Crippen LogP) is 2.80. The molecule has 0 bridgehead atoms. The Morgan fingerprint density at radius 1 is 1.18 bits per heavy atom. The van der Waals surface area contributed by atoms with E-state index >= 15 is 0 Å². The van der Waals surface area contributed by atoms with E-state index in [9.17, 15) is 4.79 Å². The minimum atomic E-state index is -0.885. The topological polar surface area (TPSA) is 42.2 Å². The molecule has 0 aliphatic heterocycles. The van der Waals surface area contributed by atoms with Gasteiger partial charge in [-0.15, -0.1) is 0 Å². The van der Waals surface area contributed by atoms with Gasteiger partial charge in [0.25, 0.3) is 0 Å². The molecule has 0 aliphatic rings. The zero-order valence-electron chi connectivity index (χ0n) is 9.76. The van der Waals surface area contributed by atoms with Crippen molar-refractivity contribution in [2.45, 2.75) is 19.9 Å². The zero-order chi connectivity index (χ0) is 12.3. The summed E-state index contributed by atoms with van der Waals surface area (Å²) in [5.74, 6) is -0.885. The molecule has 1 N–H and O–H groups in total. The van der Waals surface area contributed by atoms with E-state index in [1.54, 1.807) is 22.9 Å². The first kappa shape index (κ1) is 11.5. The number of rotatable bonds is 4. The van der Waals surface area contributed by atoms with Crippen LogP contribution < -0.4 is 0 Å². The summed E-state index contributed by atoms with van der Waals surface area (Å²) in [6.45, 7) is 2.71. The molecule has 17 heavy (non-hydrogen) atoms. The predicted molar refractivity (Wildman–Crippen MR) is 66.3 cm³/mol. The van der Waals surface area contributed by atoms with E-state index in [0.29, 0.717) is 12.2 Å². The van der Waals surface area contributed by atoms with Crippen LogP contribution in [0.1, 0.15) is 28.5 Å². The van der Waals surface area contributed by atoms with E-state index in [-0.39, 0.29) is 0 Å². The number of nitrogens with zero attached hydrogens (tertiary/aromatic N) is 1. The van der Waals surface area contributed by atoms with Crippen molar-refractivity contribution in [2.75, 3.05) is 0 Å². The second-order valence-corrected chi connectivity index (χ2v) is 3.95. The normalized spacial score (nSPS) is 10.4. The monoisotopic (exact) mass is 229 g/mol. The Labute approximate surface area is 100 Å². The van der Waals surface area contributed by atoms with Gasteiger partial charge in [0, 0.05) is 12.7 Å². The van der Waals surface area contributed by atoms with Gasteiger partial charge < -0.3 is 9.67 Å². The van der Waals surface area contributed by atoms with Gasteiger partial charge in [0.05, 0.1) is 0 Å². The quantitative estimate of drug-likeness (QED) is 0.876. The van der Waals surface area contributed by atoms with Gasteiger partial charge in [0.2, 0.25) is 0 Å². The third-order valence-corrected chi connectivity index (χ3v) is 2.89. The van der Waals surface area contributed by atoms with Gasteiger partial charge in [-0.1, -0.05) is 31.2 Å². The van der Waals surface area contributed by atoms with Gasteiger partial charge in [-0.25, -0.2) is 4.79 Å². The SMILES string of the molecule is CCc1ccccc1Cn1cccc1C(=O)O. The highest BCUT2D eigenvalue weighted by Gasteiger charge is 2.09. The molecule has 1 aromatic heterocycles. The molecule has 2 aromatic rings. The third-order valence-electron chi connectivity index (χ3n) is 2.89. The van der Waals surface area contributed by atoms with E-state index < -0.39 is 5.97 Å². The standard InChI is InChI=1S/C14H15NO2/c1-2-11-6-3-4-7-12(11)10-15-9-5-8-13(15)14(16)17/h3-9H,2,10H2,1H3,(H,16,17). The Morgan fingerprint density at radius 2 is 1.88 bits per heavy atom. The van der Waals surface area contributed by atoms with E-state index in [1.165, 1.54) is 11.1 Å². The summed E-state index contributed by atoms with van der Waals surface area (Å²) < 4.78 is 1.76. The summed E-state index contributed by atoms with van der Waals surface area (Å²) in [7, 11) is 0. The minimum Gasteiger partial charge on any atom is -0.477 e. The summed E-state index contributed by atoms with van der Waals surface area (Å²) in [5, 5.41) is 9.04. The number of hydrogen-bond acceptors (Lipinski definition) is 1. The van der Waals surface area contributed by atoms with Gasteiger partial charge in [-0.05, 0) is 29.7 Å². The van der Waals surface area contributed by atoms with E-state index in [0.717, 1.165) is 6.42 Å². The summed E-state index contributed by atoms with van der Waals surface area (Å²) in [4.78, 5) is 11.0. The molecule has 1 aromatic carbocycles. The van der Waals surface area contributed by atoms with Gasteiger partial charge in [0.15, 0.2) is 0 Å². The molecule has 0 amide bonds. The van der Waals surface area contributed by atoms with Gasteiger partial charge in [-0.2, -0.15) is 0 Å². The van der Waals surface area contributed by atoms with Crippen molar-refractivity contribution in [1.29, 1.82) is 0 Å². The van der Waals surface area contributed by atoms with Gasteiger partial charge >= 0.3 is 5.97 Å². The van der Waals surface area contributed by atoms with Crippen LogP contribution in [0.25, 0.3) is 0 Å². The molecule has 2 rings (SSSR count). The number of aryl methyl sites for hydroxylation is 1. The van der Waals surface area contributed by atoms with Crippen LogP contribution in [0.5, 0.6) is 0 Å². The highest BCUT2D eigenvalue weighted by atomic mass is 16.4. The maximum atomic E-state index is 11.0. The third kappa shape index (κ3) is 2.38. The van der Waals surface area contributed by atoms with Crippen LogP contribution >= 0.6 is 0 Å². The Kier molecular flexibility index (Phi) is 3.28. The van der Waals surface area contributed by atoms with Crippen molar-refractivity contribution in [2.24, 2.45) is 0 Å². The molecule has 0 saturated carbocycles. The van der Waals surface area contributed by atoms with E-state index in [1.807, 2.05) is 18.2 Å². The summed E-state index contributed by atoms with van der Waals surface area (Å²) in [6, 6.07) is 11.5. The van der Waals surface area contributed by atoms with Gasteiger partial charge in [0.1, 0.15) is 5.69 Å². The number of aromatic carboxylic acids is 1. The second kappa shape index (κ2) is 4.87. The van der Waals surface area contributed by atoms with Crippen molar-refractivity contribution in [3.8, 4) is 0 Å². The van der Waals surface area contributed by atoms with Crippen LogP contribution in [0.4, 0.5) is 0 Å². The molecule has 0 fully saturated rings. The Bertz CT molecular complexity index is 529. The van der Waals surface area contributed by atoms with Crippen molar-refractivity contribution in [1.82, 2.24) is 4.57 Å². The number of hydrogen-bond donors (Lipinski definition) is 1. The maximum Gasteiger partial charge on any atom is 0.352 e. The number of carboxylic acids is 1. The molecular weight excluding hydrogens is 214 g/mol. The molecule has 3 heteroatoms. The van der Waals surface area contributed by atoms with Crippen LogP contribution in [0.2, 0.25) is 0 Å². The molecule has 0 spiro atoms. The Hall–Kier alpha value is -2.03. The fourth-order valence-corrected chi connectivity index (χ4v) is 1.99. The Balaban J connectivity index is 2.31. The van der Waals surface area contributed by atoms with Crippen molar-refractivity contribution in [3.63, 3.8) is 0 Å². The largest absolute Gasteiger partial charge is 0.477 e.